The van der Waals surface area contributed by atoms with E-state index in [2.05, 4.69) is 0 Å². The normalized spacial score (nSPS) is 13.1. The molecule has 0 spiro atoms. The maximum atomic E-state index is 8.27. The first-order valence-corrected chi connectivity index (χ1v) is 3.43. The molecule has 0 radical (unpaired) electrons. The van der Waals surface area contributed by atoms with Gasteiger partial charge >= 0.3 is 0 Å². The van der Waals surface area contributed by atoms with E-state index >= 15 is 0 Å². The van der Waals surface area contributed by atoms with Crippen molar-refractivity contribution < 1.29 is 4.74 Å². The molecule has 0 aromatic rings. The van der Waals surface area contributed by atoms with Crippen LogP contribution in [0.5, 0.6) is 0 Å². The fraction of sp³-hybridized carbons (Fsp3) is 0.857. The maximum absolute atomic E-state index is 8.27. The molecule has 0 aromatic carbocycles. The molecule has 0 bridgehead atoms. The van der Waals surface area contributed by atoms with Gasteiger partial charge in [0.15, 0.2) is 0 Å². The number of hydrogen-bond acceptors (Lipinski definition) is 3. The average molecular weight is 142 g/mol. The summed E-state index contributed by atoms with van der Waals surface area (Å²) in [5, 5.41) is 8.27. The molecule has 0 aromatic heterocycles. The van der Waals surface area contributed by atoms with Crippen molar-refractivity contribution in [2.24, 2.45) is 5.73 Å². The molecule has 3 heteroatoms. The van der Waals surface area contributed by atoms with Gasteiger partial charge in [-0.05, 0) is 20.3 Å². The van der Waals surface area contributed by atoms with Crippen LogP contribution in [0.1, 0.15) is 20.3 Å². The molecular weight excluding hydrogens is 128 g/mol. The highest BCUT2D eigenvalue weighted by atomic mass is 16.5. The monoisotopic (exact) mass is 142 g/mol. The predicted octanol–water partition coefficient (Wildman–Crippen LogP) is 0.652. The lowest BCUT2D eigenvalue weighted by Crippen LogP contribution is -2.20. The van der Waals surface area contributed by atoms with E-state index in [1.54, 1.807) is 0 Å². The summed E-state index contributed by atoms with van der Waals surface area (Å²) in [7, 11) is 0. The van der Waals surface area contributed by atoms with Crippen molar-refractivity contribution in [3.63, 3.8) is 0 Å². The third-order valence-electron chi connectivity index (χ3n) is 1.05. The summed E-state index contributed by atoms with van der Waals surface area (Å²) in [5.41, 5.74) is 5.32. The van der Waals surface area contributed by atoms with E-state index < -0.39 is 0 Å². The standard InChI is InChI=1S/C7H14N2O/c1-6(2)10-4-3-7(9)5-8/h6-7H,3-4,9H2,1-2H3/t7-/m0/s1. The molecule has 0 aliphatic carbocycles. The van der Waals surface area contributed by atoms with E-state index in [1.165, 1.54) is 0 Å². The smallest absolute Gasteiger partial charge is 0.0950 e. The lowest BCUT2D eigenvalue weighted by atomic mass is 10.2. The van der Waals surface area contributed by atoms with Crippen LogP contribution in [0.2, 0.25) is 0 Å². The highest BCUT2D eigenvalue weighted by Crippen LogP contribution is 1.92. The van der Waals surface area contributed by atoms with Crippen LogP contribution in [0.4, 0.5) is 0 Å². The topological polar surface area (TPSA) is 59.0 Å². The molecule has 10 heavy (non-hydrogen) atoms. The van der Waals surface area contributed by atoms with Crippen molar-refractivity contribution in [1.29, 1.82) is 5.26 Å². The quantitative estimate of drug-likeness (QED) is 0.627. The first kappa shape index (κ1) is 9.41. The fourth-order valence-corrected chi connectivity index (χ4v) is 0.495. The fourth-order valence-electron chi connectivity index (χ4n) is 0.495. The number of nitriles is 1. The van der Waals surface area contributed by atoms with E-state index in [-0.39, 0.29) is 12.1 Å². The molecule has 0 fully saturated rings. The number of nitrogens with zero attached hydrogens (tertiary/aromatic N) is 1. The van der Waals surface area contributed by atoms with Crippen LogP contribution < -0.4 is 5.73 Å². The number of rotatable bonds is 4. The Morgan fingerprint density at radius 3 is 2.60 bits per heavy atom. The summed E-state index contributed by atoms with van der Waals surface area (Å²) in [6.07, 6.45) is 0.847. The van der Waals surface area contributed by atoms with Gasteiger partial charge in [-0.15, -0.1) is 0 Å². The van der Waals surface area contributed by atoms with Crippen LogP contribution >= 0.6 is 0 Å². The molecule has 0 saturated heterocycles. The molecule has 0 heterocycles. The Balaban J connectivity index is 3.13. The summed E-state index contributed by atoms with van der Waals surface area (Å²) in [6.45, 7) is 4.49. The highest BCUT2D eigenvalue weighted by Gasteiger charge is 1.99. The van der Waals surface area contributed by atoms with Gasteiger partial charge in [0.2, 0.25) is 0 Å². The van der Waals surface area contributed by atoms with Gasteiger partial charge in [0, 0.05) is 6.61 Å². The molecule has 58 valence electrons. The van der Waals surface area contributed by atoms with Gasteiger partial charge in [0.25, 0.3) is 0 Å². The van der Waals surface area contributed by atoms with Crippen LogP contribution in [0.3, 0.4) is 0 Å². The Labute approximate surface area is 61.8 Å². The minimum atomic E-state index is -0.376. The van der Waals surface area contributed by atoms with Crippen LogP contribution in [0, 0.1) is 11.3 Å². The molecule has 0 aliphatic rings. The maximum Gasteiger partial charge on any atom is 0.0950 e. The minimum Gasteiger partial charge on any atom is -0.379 e. The summed E-state index contributed by atoms with van der Waals surface area (Å²) in [6, 6.07) is 1.56. The molecule has 1 atom stereocenters. The summed E-state index contributed by atoms with van der Waals surface area (Å²) in [4.78, 5) is 0. The van der Waals surface area contributed by atoms with Crippen LogP contribution in [-0.4, -0.2) is 18.8 Å². The van der Waals surface area contributed by atoms with E-state index in [0.717, 1.165) is 0 Å². The Kier molecular flexibility index (Phi) is 4.91. The second-order valence-corrected chi connectivity index (χ2v) is 2.44. The van der Waals surface area contributed by atoms with Gasteiger partial charge < -0.3 is 10.5 Å². The number of ether oxygens (including phenoxy) is 1. The first-order chi connectivity index (χ1) is 4.66. The highest BCUT2D eigenvalue weighted by molar-refractivity contribution is 4.85. The van der Waals surface area contributed by atoms with Gasteiger partial charge in [-0.25, -0.2) is 0 Å². The largest absolute Gasteiger partial charge is 0.379 e. The van der Waals surface area contributed by atoms with Gasteiger partial charge in [0.1, 0.15) is 0 Å². The van der Waals surface area contributed by atoms with Crippen LogP contribution in [-0.2, 0) is 4.74 Å². The summed E-state index contributed by atoms with van der Waals surface area (Å²) < 4.78 is 5.18. The second-order valence-electron chi connectivity index (χ2n) is 2.44. The van der Waals surface area contributed by atoms with Crippen molar-refractivity contribution in [2.45, 2.75) is 32.4 Å². The lowest BCUT2D eigenvalue weighted by molar-refractivity contribution is 0.0759. The molecule has 0 aliphatic heterocycles. The summed E-state index contributed by atoms with van der Waals surface area (Å²) >= 11 is 0. The van der Waals surface area contributed by atoms with Gasteiger partial charge in [-0.3, -0.25) is 0 Å². The zero-order valence-electron chi connectivity index (χ0n) is 6.50. The SMILES string of the molecule is CC(C)OCC[C@H](N)C#N. The minimum absolute atomic E-state index is 0.228. The van der Waals surface area contributed by atoms with Crippen LogP contribution in [0.15, 0.2) is 0 Å². The van der Waals surface area contributed by atoms with Gasteiger partial charge in [0.05, 0.1) is 18.2 Å². The van der Waals surface area contributed by atoms with Gasteiger partial charge in [-0.2, -0.15) is 5.26 Å². The molecule has 0 saturated carbocycles. The Morgan fingerprint density at radius 1 is 1.60 bits per heavy atom. The van der Waals surface area contributed by atoms with E-state index in [4.69, 9.17) is 15.7 Å². The summed E-state index contributed by atoms with van der Waals surface area (Å²) in [5.74, 6) is 0. The zero-order valence-corrected chi connectivity index (χ0v) is 6.50. The van der Waals surface area contributed by atoms with Crippen LogP contribution in [0.25, 0.3) is 0 Å². The molecule has 0 unspecified atom stereocenters. The van der Waals surface area contributed by atoms with Crippen molar-refractivity contribution in [3.8, 4) is 6.07 Å². The third-order valence-corrected chi connectivity index (χ3v) is 1.05. The predicted molar refractivity (Wildman–Crippen MR) is 39.3 cm³/mol. The first-order valence-electron chi connectivity index (χ1n) is 3.43. The molecule has 0 rings (SSSR count). The Morgan fingerprint density at radius 2 is 2.20 bits per heavy atom. The molecular formula is C7H14N2O. The third kappa shape index (κ3) is 5.54. The van der Waals surface area contributed by atoms with E-state index in [9.17, 15) is 0 Å². The zero-order chi connectivity index (χ0) is 7.98. The van der Waals surface area contributed by atoms with Crippen molar-refractivity contribution in [3.05, 3.63) is 0 Å². The molecule has 2 N–H and O–H groups in total. The lowest BCUT2D eigenvalue weighted by Gasteiger charge is -2.07. The van der Waals surface area contributed by atoms with E-state index in [1.807, 2.05) is 19.9 Å². The molecule has 0 amide bonds. The Bertz CT molecular complexity index is 117. The van der Waals surface area contributed by atoms with Crippen molar-refractivity contribution >= 4 is 0 Å². The van der Waals surface area contributed by atoms with Crippen molar-refractivity contribution in [1.82, 2.24) is 0 Å². The van der Waals surface area contributed by atoms with E-state index in [0.29, 0.717) is 13.0 Å². The second kappa shape index (κ2) is 5.21. The molecule has 3 nitrogen and oxygen atoms in total. The van der Waals surface area contributed by atoms with Crippen molar-refractivity contribution in [2.75, 3.05) is 6.61 Å². The van der Waals surface area contributed by atoms with Gasteiger partial charge in [-0.1, -0.05) is 0 Å². The number of hydrogen-bond donors (Lipinski definition) is 1. The number of nitrogens with two attached hydrogens (primary N) is 1. The Hall–Kier alpha value is -0.590. The average Bonchev–Trinajstić information content (AvgIpc) is 1.87.